The monoisotopic (exact) mass is 389 g/mol. The van der Waals surface area contributed by atoms with Crippen LogP contribution < -0.4 is 16.2 Å². The summed E-state index contributed by atoms with van der Waals surface area (Å²) in [7, 11) is 3.00. The van der Waals surface area contributed by atoms with Gasteiger partial charge in [-0.05, 0) is 19.3 Å². The van der Waals surface area contributed by atoms with E-state index >= 15 is 0 Å². The first kappa shape index (κ1) is 20.2. The highest BCUT2D eigenvalue weighted by Crippen LogP contribution is 2.30. The van der Waals surface area contributed by atoms with Gasteiger partial charge in [-0.2, -0.15) is 4.98 Å². The van der Waals surface area contributed by atoms with Gasteiger partial charge in [0.15, 0.2) is 0 Å². The second kappa shape index (κ2) is 9.61. The molecule has 2 heterocycles. The summed E-state index contributed by atoms with van der Waals surface area (Å²) in [6.07, 6.45) is 9.34. The molecule has 0 aromatic carbocycles. The van der Waals surface area contributed by atoms with Crippen molar-refractivity contribution in [2.24, 2.45) is 0 Å². The molecule has 0 atom stereocenters. The molecule has 0 spiro atoms. The normalized spacial score (nSPS) is 14.9. The minimum atomic E-state index is -0.569. The van der Waals surface area contributed by atoms with Crippen LogP contribution in [-0.4, -0.2) is 47.8 Å². The number of rotatable bonds is 8. The van der Waals surface area contributed by atoms with Crippen molar-refractivity contribution < 1.29 is 14.4 Å². The molecule has 9 heteroatoms. The lowest BCUT2D eigenvalue weighted by molar-refractivity contribution is 0.0535. The third kappa shape index (κ3) is 4.48. The first-order valence-electron chi connectivity index (χ1n) is 9.63. The van der Waals surface area contributed by atoms with Crippen LogP contribution in [-0.2, 0) is 9.57 Å². The van der Waals surface area contributed by atoms with Crippen molar-refractivity contribution in [1.82, 2.24) is 20.0 Å². The smallest absolute Gasteiger partial charge is 0.280 e. The number of fused-ring (bicyclic) bond motifs is 1. The first-order chi connectivity index (χ1) is 13.7. The number of hydrogen-bond acceptors (Lipinski definition) is 7. The summed E-state index contributed by atoms with van der Waals surface area (Å²) in [5.74, 6) is -0.109. The standard InChI is InChI=1S/C19H27N5O4/c1-27-10-6-9-20-19-21-11-14-16(25)15(18(26)23-28-2)12-24(17(14)22-19)13-7-4-3-5-8-13/h11-13H,3-10H2,1-2H3,(H,23,26)(H,20,21,22). The van der Waals surface area contributed by atoms with Crippen LogP contribution in [0.15, 0.2) is 17.2 Å². The fourth-order valence-corrected chi connectivity index (χ4v) is 3.58. The second-order valence-electron chi connectivity index (χ2n) is 6.91. The number of aromatic nitrogens is 3. The molecule has 1 aliphatic rings. The molecule has 1 saturated carbocycles. The Bertz CT molecular complexity index is 876. The van der Waals surface area contributed by atoms with Gasteiger partial charge in [0.1, 0.15) is 11.2 Å². The van der Waals surface area contributed by atoms with Crippen molar-refractivity contribution in [1.29, 1.82) is 0 Å². The van der Waals surface area contributed by atoms with Crippen molar-refractivity contribution in [3.05, 3.63) is 28.2 Å². The highest BCUT2D eigenvalue weighted by Gasteiger charge is 2.22. The van der Waals surface area contributed by atoms with Crippen LogP contribution in [0, 0.1) is 0 Å². The molecule has 0 aliphatic heterocycles. The molecule has 2 aromatic heterocycles. The molecule has 1 aliphatic carbocycles. The van der Waals surface area contributed by atoms with Gasteiger partial charge in [-0.15, -0.1) is 0 Å². The van der Waals surface area contributed by atoms with Gasteiger partial charge in [-0.3, -0.25) is 14.4 Å². The topological polar surface area (TPSA) is 107 Å². The van der Waals surface area contributed by atoms with Crippen LogP contribution >= 0.6 is 0 Å². The van der Waals surface area contributed by atoms with Gasteiger partial charge in [0.2, 0.25) is 11.4 Å². The fraction of sp³-hybridized carbons (Fsp3) is 0.579. The molecular formula is C19H27N5O4. The Morgan fingerprint density at radius 3 is 2.79 bits per heavy atom. The summed E-state index contributed by atoms with van der Waals surface area (Å²) in [4.78, 5) is 38.7. The molecule has 152 valence electrons. The van der Waals surface area contributed by atoms with E-state index in [1.165, 1.54) is 19.7 Å². The Labute approximate surface area is 163 Å². The number of hydrogen-bond donors (Lipinski definition) is 2. The summed E-state index contributed by atoms with van der Waals surface area (Å²) in [5.41, 5.74) is 2.41. The largest absolute Gasteiger partial charge is 0.385 e. The van der Waals surface area contributed by atoms with Crippen LogP contribution in [0.1, 0.15) is 54.9 Å². The van der Waals surface area contributed by atoms with Crippen LogP contribution in [0.25, 0.3) is 11.0 Å². The number of nitrogens with zero attached hydrogens (tertiary/aromatic N) is 3. The zero-order valence-electron chi connectivity index (χ0n) is 16.4. The molecule has 0 radical (unpaired) electrons. The molecule has 3 rings (SSSR count). The van der Waals surface area contributed by atoms with E-state index in [1.807, 2.05) is 4.57 Å². The quantitative estimate of drug-likeness (QED) is 0.525. The Hall–Kier alpha value is -2.52. The average Bonchev–Trinajstić information content (AvgIpc) is 2.72. The predicted molar refractivity (Wildman–Crippen MR) is 105 cm³/mol. The lowest BCUT2D eigenvalue weighted by Gasteiger charge is -2.26. The minimum absolute atomic E-state index is 0.0318. The number of nitrogens with one attached hydrogen (secondary N) is 2. The second-order valence-corrected chi connectivity index (χ2v) is 6.91. The Balaban J connectivity index is 2.03. The first-order valence-corrected chi connectivity index (χ1v) is 9.63. The summed E-state index contributed by atoms with van der Waals surface area (Å²) in [6.45, 7) is 1.31. The number of carbonyl (C=O) groups excluding carboxylic acids is 1. The van der Waals surface area contributed by atoms with Crippen LogP contribution in [0.2, 0.25) is 0 Å². The van der Waals surface area contributed by atoms with Crippen LogP contribution in [0.3, 0.4) is 0 Å². The minimum Gasteiger partial charge on any atom is -0.385 e. The third-order valence-corrected chi connectivity index (χ3v) is 4.99. The number of pyridine rings is 1. The van der Waals surface area contributed by atoms with E-state index in [2.05, 4.69) is 20.8 Å². The van der Waals surface area contributed by atoms with Crippen molar-refractivity contribution in [3.8, 4) is 0 Å². The number of carbonyl (C=O) groups is 1. The van der Waals surface area contributed by atoms with E-state index in [9.17, 15) is 9.59 Å². The third-order valence-electron chi connectivity index (χ3n) is 4.99. The van der Waals surface area contributed by atoms with Crippen LogP contribution in [0.5, 0.6) is 0 Å². The van der Waals surface area contributed by atoms with Crippen molar-refractivity contribution in [2.75, 3.05) is 32.7 Å². The molecule has 0 bridgehead atoms. The molecule has 2 N–H and O–H groups in total. The van der Waals surface area contributed by atoms with Crippen LogP contribution in [0.4, 0.5) is 5.95 Å². The maximum Gasteiger partial charge on any atom is 0.280 e. The number of anilines is 1. The van der Waals surface area contributed by atoms with Crippen molar-refractivity contribution in [2.45, 2.75) is 44.6 Å². The highest BCUT2D eigenvalue weighted by atomic mass is 16.6. The maximum atomic E-state index is 12.8. The highest BCUT2D eigenvalue weighted by molar-refractivity contribution is 5.96. The van der Waals surface area contributed by atoms with Gasteiger partial charge in [-0.25, -0.2) is 10.5 Å². The van der Waals surface area contributed by atoms with Gasteiger partial charge < -0.3 is 14.6 Å². The van der Waals surface area contributed by atoms with E-state index in [0.29, 0.717) is 30.1 Å². The molecule has 28 heavy (non-hydrogen) atoms. The van der Waals surface area contributed by atoms with Gasteiger partial charge in [0.05, 0.1) is 12.5 Å². The zero-order valence-corrected chi connectivity index (χ0v) is 16.4. The number of hydroxylamine groups is 1. The molecule has 1 fully saturated rings. The van der Waals surface area contributed by atoms with Gasteiger partial charge in [0, 0.05) is 38.7 Å². The lowest BCUT2D eigenvalue weighted by atomic mass is 9.95. The summed E-state index contributed by atoms with van der Waals surface area (Å²) in [5, 5.41) is 3.49. The maximum absolute atomic E-state index is 12.8. The summed E-state index contributed by atoms with van der Waals surface area (Å²) >= 11 is 0. The van der Waals surface area contributed by atoms with E-state index in [4.69, 9.17) is 9.57 Å². The number of ether oxygens (including phenoxy) is 1. The van der Waals surface area contributed by atoms with E-state index in [1.54, 1.807) is 13.3 Å². The summed E-state index contributed by atoms with van der Waals surface area (Å²) < 4.78 is 7.01. The SMILES string of the molecule is COCCCNc1ncc2c(=O)c(C(=O)NOC)cn(C3CCCCC3)c2n1. The molecule has 0 unspecified atom stereocenters. The van der Waals surface area contributed by atoms with Gasteiger partial charge >= 0.3 is 0 Å². The van der Waals surface area contributed by atoms with Crippen molar-refractivity contribution >= 4 is 22.9 Å². The molecule has 1 amide bonds. The molecule has 2 aromatic rings. The molecule has 0 saturated heterocycles. The fourth-order valence-electron chi connectivity index (χ4n) is 3.58. The number of methoxy groups -OCH3 is 1. The zero-order chi connectivity index (χ0) is 19.9. The Morgan fingerprint density at radius 1 is 1.29 bits per heavy atom. The summed E-state index contributed by atoms with van der Waals surface area (Å²) in [6, 6.07) is 0.196. The van der Waals surface area contributed by atoms with Gasteiger partial charge in [-0.1, -0.05) is 19.3 Å². The lowest BCUT2D eigenvalue weighted by Crippen LogP contribution is -2.30. The molecule has 9 nitrogen and oxygen atoms in total. The Kier molecular flexibility index (Phi) is 6.94. The van der Waals surface area contributed by atoms with E-state index < -0.39 is 11.3 Å². The average molecular weight is 389 g/mol. The van der Waals surface area contributed by atoms with Gasteiger partial charge in [0.25, 0.3) is 5.91 Å². The number of amides is 1. The van der Waals surface area contributed by atoms with E-state index in [0.717, 1.165) is 32.1 Å². The van der Waals surface area contributed by atoms with Crippen molar-refractivity contribution in [3.63, 3.8) is 0 Å². The molecular weight excluding hydrogens is 362 g/mol. The van der Waals surface area contributed by atoms with E-state index in [-0.39, 0.29) is 11.6 Å². The predicted octanol–water partition coefficient (Wildman–Crippen LogP) is 2.04. The Morgan fingerprint density at radius 2 is 2.07 bits per heavy atom.